The summed E-state index contributed by atoms with van der Waals surface area (Å²) in [6.07, 6.45) is 0. The standard InChI is InChI=1S/C16H24F2N2O3S/c1-11(2)20(12(3)4)10-9-19-15(21)13-5-7-14(8-6-13)24(22,23)16(17)18/h5-8,11-12,16H,9-10H2,1-4H3,(H,19,21). The summed E-state index contributed by atoms with van der Waals surface area (Å²) in [4.78, 5) is 13.8. The van der Waals surface area contributed by atoms with Crippen molar-refractivity contribution in [1.82, 2.24) is 10.2 Å². The van der Waals surface area contributed by atoms with Crippen molar-refractivity contribution in [3.05, 3.63) is 29.8 Å². The lowest BCUT2D eigenvalue weighted by Crippen LogP contribution is -2.42. The van der Waals surface area contributed by atoms with E-state index in [0.29, 0.717) is 25.2 Å². The van der Waals surface area contributed by atoms with E-state index in [1.165, 1.54) is 12.1 Å². The third-order valence-corrected chi connectivity index (χ3v) is 5.06. The Kier molecular flexibility index (Phi) is 7.28. The molecular weight excluding hydrogens is 338 g/mol. The number of sulfone groups is 1. The van der Waals surface area contributed by atoms with Crippen molar-refractivity contribution >= 4 is 15.7 Å². The molecule has 1 aromatic carbocycles. The van der Waals surface area contributed by atoms with Crippen LogP contribution >= 0.6 is 0 Å². The molecule has 1 N–H and O–H groups in total. The van der Waals surface area contributed by atoms with Crippen molar-refractivity contribution in [2.45, 2.75) is 50.4 Å². The maximum absolute atomic E-state index is 12.5. The second kappa shape index (κ2) is 8.53. The average Bonchev–Trinajstić information content (AvgIpc) is 2.50. The largest absolute Gasteiger partial charge is 0.351 e. The minimum Gasteiger partial charge on any atom is -0.351 e. The van der Waals surface area contributed by atoms with Gasteiger partial charge in [-0.3, -0.25) is 9.69 Å². The molecule has 8 heteroatoms. The molecule has 0 saturated carbocycles. The van der Waals surface area contributed by atoms with Crippen LogP contribution in [0.15, 0.2) is 29.2 Å². The van der Waals surface area contributed by atoms with Crippen molar-refractivity contribution in [1.29, 1.82) is 0 Å². The number of benzene rings is 1. The Bertz CT molecular complexity index is 636. The van der Waals surface area contributed by atoms with Gasteiger partial charge >= 0.3 is 5.76 Å². The van der Waals surface area contributed by atoms with Gasteiger partial charge in [0.15, 0.2) is 0 Å². The van der Waals surface area contributed by atoms with Gasteiger partial charge in [0.1, 0.15) is 0 Å². The van der Waals surface area contributed by atoms with E-state index in [-0.39, 0.29) is 11.5 Å². The number of carbonyl (C=O) groups excluding carboxylic acids is 1. The summed E-state index contributed by atoms with van der Waals surface area (Å²) in [7, 11) is -4.64. The first-order valence-corrected chi connectivity index (χ1v) is 9.28. The molecule has 0 bridgehead atoms. The number of rotatable bonds is 8. The first kappa shape index (κ1) is 20.5. The summed E-state index contributed by atoms with van der Waals surface area (Å²) in [5.41, 5.74) is 0.226. The predicted molar refractivity (Wildman–Crippen MR) is 88.9 cm³/mol. The highest BCUT2D eigenvalue weighted by molar-refractivity contribution is 7.91. The Morgan fingerprint density at radius 3 is 2.00 bits per heavy atom. The summed E-state index contributed by atoms with van der Waals surface area (Å²) in [5, 5.41) is 2.74. The highest BCUT2D eigenvalue weighted by Crippen LogP contribution is 2.18. The second-order valence-corrected chi connectivity index (χ2v) is 7.93. The molecule has 0 unspecified atom stereocenters. The molecule has 0 fully saturated rings. The first-order chi connectivity index (χ1) is 11.1. The highest BCUT2D eigenvalue weighted by Gasteiger charge is 2.26. The van der Waals surface area contributed by atoms with Crippen LogP contribution in [0.4, 0.5) is 8.78 Å². The van der Waals surface area contributed by atoms with Crippen molar-refractivity contribution in [3.63, 3.8) is 0 Å². The van der Waals surface area contributed by atoms with Gasteiger partial charge in [-0.1, -0.05) is 0 Å². The van der Waals surface area contributed by atoms with E-state index in [2.05, 4.69) is 37.9 Å². The van der Waals surface area contributed by atoms with Crippen molar-refractivity contribution in [3.8, 4) is 0 Å². The van der Waals surface area contributed by atoms with Gasteiger partial charge in [-0.25, -0.2) is 8.42 Å². The molecular formula is C16H24F2N2O3S. The van der Waals surface area contributed by atoms with Gasteiger partial charge in [0.05, 0.1) is 4.90 Å². The SMILES string of the molecule is CC(C)N(CCNC(=O)c1ccc(S(=O)(=O)C(F)F)cc1)C(C)C. The zero-order chi connectivity index (χ0) is 18.5. The van der Waals surface area contributed by atoms with Crippen molar-refractivity contribution < 1.29 is 22.0 Å². The molecule has 1 aromatic rings. The van der Waals surface area contributed by atoms with Crippen LogP contribution < -0.4 is 5.32 Å². The topological polar surface area (TPSA) is 66.5 Å². The van der Waals surface area contributed by atoms with Crippen LogP contribution in [0.25, 0.3) is 0 Å². The van der Waals surface area contributed by atoms with Gasteiger partial charge in [-0.15, -0.1) is 0 Å². The van der Waals surface area contributed by atoms with Gasteiger partial charge in [-0.2, -0.15) is 8.78 Å². The van der Waals surface area contributed by atoms with Crippen LogP contribution in [0, 0.1) is 0 Å². The number of halogens is 2. The van der Waals surface area contributed by atoms with Gasteiger partial charge in [0.25, 0.3) is 5.91 Å². The zero-order valence-corrected chi connectivity index (χ0v) is 15.1. The van der Waals surface area contributed by atoms with E-state index < -0.39 is 20.5 Å². The molecule has 5 nitrogen and oxygen atoms in total. The number of carbonyl (C=O) groups is 1. The predicted octanol–water partition coefficient (Wildman–Crippen LogP) is 2.53. The molecule has 1 rings (SSSR count). The van der Waals surface area contributed by atoms with Crippen LogP contribution in [-0.4, -0.2) is 50.2 Å². The molecule has 0 radical (unpaired) electrons. The zero-order valence-electron chi connectivity index (χ0n) is 14.3. The van der Waals surface area contributed by atoms with Crippen molar-refractivity contribution in [2.24, 2.45) is 0 Å². The molecule has 0 atom stereocenters. The smallest absolute Gasteiger partial charge is 0.341 e. The summed E-state index contributed by atoms with van der Waals surface area (Å²) < 4.78 is 47.6. The fourth-order valence-electron chi connectivity index (χ4n) is 2.41. The normalized spacial score (nSPS) is 12.4. The summed E-state index contributed by atoms with van der Waals surface area (Å²) in [6.45, 7) is 9.41. The van der Waals surface area contributed by atoms with E-state index in [0.717, 1.165) is 12.1 Å². The van der Waals surface area contributed by atoms with E-state index in [4.69, 9.17) is 0 Å². The van der Waals surface area contributed by atoms with E-state index >= 15 is 0 Å². The fourth-order valence-corrected chi connectivity index (χ4v) is 3.13. The second-order valence-electron chi connectivity index (χ2n) is 6.01. The monoisotopic (exact) mass is 362 g/mol. The van der Waals surface area contributed by atoms with Gasteiger partial charge in [0, 0.05) is 30.7 Å². The molecule has 0 saturated heterocycles. The van der Waals surface area contributed by atoms with Crippen LogP contribution in [-0.2, 0) is 9.84 Å². The maximum atomic E-state index is 12.5. The van der Waals surface area contributed by atoms with Gasteiger partial charge in [-0.05, 0) is 52.0 Å². The fraction of sp³-hybridized carbons (Fsp3) is 0.562. The number of nitrogens with one attached hydrogen (secondary N) is 1. The third-order valence-electron chi connectivity index (χ3n) is 3.66. The molecule has 0 heterocycles. The molecule has 0 spiro atoms. The Balaban J connectivity index is 2.67. The summed E-state index contributed by atoms with van der Waals surface area (Å²) >= 11 is 0. The lowest BCUT2D eigenvalue weighted by molar-refractivity contribution is 0.0939. The third kappa shape index (κ3) is 5.24. The highest BCUT2D eigenvalue weighted by atomic mass is 32.2. The van der Waals surface area contributed by atoms with Gasteiger partial charge < -0.3 is 5.32 Å². The Hall–Kier alpha value is -1.54. The van der Waals surface area contributed by atoms with E-state index in [1.54, 1.807) is 0 Å². The van der Waals surface area contributed by atoms with Crippen LogP contribution in [0.1, 0.15) is 38.1 Å². The van der Waals surface area contributed by atoms with Crippen LogP contribution in [0.3, 0.4) is 0 Å². The molecule has 136 valence electrons. The number of alkyl halides is 2. The molecule has 1 amide bonds. The number of amides is 1. The van der Waals surface area contributed by atoms with Crippen LogP contribution in [0.5, 0.6) is 0 Å². The Morgan fingerprint density at radius 1 is 1.08 bits per heavy atom. The first-order valence-electron chi connectivity index (χ1n) is 7.73. The molecule has 0 aliphatic heterocycles. The molecule has 0 aliphatic rings. The molecule has 24 heavy (non-hydrogen) atoms. The van der Waals surface area contributed by atoms with E-state index in [1.807, 2.05) is 0 Å². The molecule has 0 aliphatic carbocycles. The lowest BCUT2D eigenvalue weighted by atomic mass is 10.2. The minimum absolute atomic E-state index is 0.226. The lowest BCUT2D eigenvalue weighted by Gasteiger charge is -2.30. The minimum atomic E-state index is -4.64. The number of hydrogen-bond acceptors (Lipinski definition) is 4. The van der Waals surface area contributed by atoms with Crippen molar-refractivity contribution in [2.75, 3.05) is 13.1 Å². The number of hydrogen-bond donors (Lipinski definition) is 1. The summed E-state index contributed by atoms with van der Waals surface area (Å²) in [5.74, 6) is -3.85. The quantitative estimate of drug-likeness (QED) is 0.772. The Morgan fingerprint density at radius 2 is 1.58 bits per heavy atom. The average molecular weight is 362 g/mol. The molecule has 0 aromatic heterocycles. The number of nitrogens with zero attached hydrogens (tertiary/aromatic N) is 1. The Labute approximate surface area is 142 Å². The van der Waals surface area contributed by atoms with E-state index in [9.17, 15) is 22.0 Å². The maximum Gasteiger partial charge on any atom is 0.341 e. The van der Waals surface area contributed by atoms with Crippen LogP contribution in [0.2, 0.25) is 0 Å². The van der Waals surface area contributed by atoms with Gasteiger partial charge in [0.2, 0.25) is 9.84 Å². The summed E-state index contributed by atoms with van der Waals surface area (Å²) in [6, 6.07) is 5.19.